The van der Waals surface area contributed by atoms with E-state index in [2.05, 4.69) is 10.3 Å². The van der Waals surface area contributed by atoms with E-state index in [4.69, 9.17) is 16.6 Å². The number of hydrogen-bond acceptors (Lipinski definition) is 6. The first-order valence-corrected chi connectivity index (χ1v) is 9.43. The maximum atomic E-state index is 11.1. The van der Waals surface area contributed by atoms with Crippen LogP contribution >= 0.6 is 12.2 Å². The molecule has 1 fully saturated rings. The van der Waals surface area contributed by atoms with Gasteiger partial charge in [-0.2, -0.15) is 0 Å². The number of nitro benzene ring substituents is 1. The molecule has 3 aromatic rings. The van der Waals surface area contributed by atoms with Crippen LogP contribution in [0.2, 0.25) is 0 Å². The third-order valence-corrected chi connectivity index (χ3v) is 5.15. The van der Waals surface area contributed by atoms with Crippen LogP contribution in [0.4, 0.5) is 5.69 Å². The van der Waals surface area contributed by atoms with Crippen LogP contribution in [0.3, 0.4) is 0 Å². The van der Waals surface area contributed by atoms with Gasteiger partial charge in [0.25, 0.3) is 5.69 Å². The molecule has 148 valence electrons. The lowest BCUT2D eigenvalue weighted by atomic mass is 10.0. The molecule has 1 aromatic carbocycles. The first kappa shape index (κ1) is 19.0. The molecule has 9 heteroatoms. The second-order valence-electron chi connectivity index (χ2n) is 6.55. The normalized spacial score (nSPS) is 18.7. The minimum absolute atomic E-state index is 0.00238. The molecule has 0 unspecified atom stereocenters. The van der Waals surface area contributed by atoms with Gasteiger partial charge in [-0.25, -0.2) is 0 Å². The maximum absolute atomic E-state index is 11.1. The summed E-state index contributed by atoms with van der Waals surface area (Å²) in [4.78, 5) is 16.9. The molecule has 0 radical (unpaired) electrons. The van der Waals surface area contributed by atoms with Crippen molar-refractivity contribution in [3.05, 3.63) is 82.4 Å². The van der Waals surface area contributed by atoms with E-state index in [0.717, 1.165) is 5.69 Å². The average molecular weight is 410 g/mol. The maximum Gasteiger partial charge on any atom is 0.270 e. The number of nitrogens with one attached hydrogen (secondary N) is 1. The van der Waals surface area contributed by atoms with Gasteiger partial charge in [0, 0.05) is 30.4 Å². The van der Waals surface area contributed by atoms with Crippen LogP contribution in [0.25, 0.3) is 11.3 Å². The first-order chi connectivity index (χ1) is 14.1. The summed E-state index contributed by atoms with van der Waals surface area (Å²) >= 11 is 5.47. The number of aliphatic hydroxyl groups excluding tert-OH is 1. The number of pyridine rings is 1. The second-order valence-corrected chi connectivity index (χ2v) is 6.94. The Hall–Kier alpha value is -3.30. The largest absolute Gasteiger partial charge is 0.459 e. The Bertz CT molecular complexity index is 1040. The summed E-state index contributed by atoms with van der Waals surface area (Å²) in [6.07, 6.45) is 1.71. The highest BCUT2D eigenvalue weighted by Gasteiger charge is 2.41. The van der Waals surface area contributed by atoms with Gasteiger partial charge in [-0.1, -0.05) is 18.2 Å². The molecule has 2 N–H and O–H groups in total. The van der Waals surface area contributed by atoms with Gasteiger partial charge in [0.1, 0.15) is 17.6 Å². The highest BCUT2D eigenvalue weighted by atomic mass is 32.1. The lowest BCUT2D eigenvalue weighted by Gasteiger charge is -2.25. The number of aliphatic hydroxyl groups is 1. The number of nitrogens with zero attached hydrogens (tertiary/aromatic N) is 3. The molecule has 1 aliphatic rings. The number of nitro groups is 1. The third kappa shape index (κ3) is 3.69. The van der Waals surface area contributed by atoms with Crippen LogP contribution in [-0.2, 0) is 0 Å². The number of furan rings is 1. The van der Waals surface area contributed by atoms with Crippen molar-refractivity contribution >= 4 is 23.0 Å². The molecule has 4 rings (SSSR count). The molecule has 0 bridgehead atoms. The zero-order chi connectivity index (χ0) is 20.4. The monoisotopic (exact) mass is 410 g/mol. The summed E-state index contributed by atoms with van der Waals surface area (Å²) in [5.41, 5.74) is 1.41. The van der Waals surface area contributed by atoms with E-state index < -0.39 is 4.92 Å². The molecule has 0 saturated carbocycles. The van der Waals surface area contributed by atoms with Crippen molar-refractivity contribution in [3.63, 3.8) is 0 Å². The highest BCUT2D eigenvalue weighted by Crippen LogP contribution is 2.40. The Morgan fingerprint density at radius 2 is 2.10 bits per heavy atom. The van der Waals surface area contributed by atoms with Crippen molar-refractivity contribution in [2.75, 3.05) is 13.2 Å². The van der Waals surface area contributed by atoms with Gasteiger partial charge in [-0.05, 0) is 36.5 Å². The number of aromatic nitrogens is 1. The van der Waals surface area contributed by atoms with Crippen LogP contribution in [0.1, 0.15) is 23.5 Å². The van der Waals surface area contributed by atoms with Crippen molar-refractivity contribution in [3.8, 4) is 11.3 Å². The van der Waals surface area contributed by atoms with E-state index in [-0.39, 0.29) is 24.4 Å². The van der Waals surface area contributed by atoms with E-state index in [9.17, 15) is 15.2 Å². The summed E-state index contributed by atoms with van der Waals surface area (Å²) in [6, 6.07) is 15.0. The quantitative estimate of drug-likeness (QED) is 0.363. The molecule has 3 heterocycles. The summed E-state index contributed by atoms with van der Waals surface area (Å²) in [5, 5.41) is 24.3. The minimum Gasteiger partial charge on any atom is -0.459 e. The molecule has 29 heavy (non-hydrogen) atoms. The molecule has 1 aliphatic heterocycles. The molecule has 2 atom stereocenters. The number of rotatable bonds is 6. The van der Waals surface area contributed by atoms with Crippen LogP contribution in [0.5, 0.6) is 0 Å². The Morgan fingerprint density at radius 1 is 1.24 bits per heavy atom. The number of hydrogen-bond donors (Lipinski definition) is 2. The van der Waals surface area contributed by atoms with Gasteiger partial charge in [-0.3, -0.25) is 15.1 Å². The van der Waals surface area contributed by atoms with Gasteiger partial charge in [0.15, 0.2) is 5.11 Å². The fourth-order valence-corrected chi connectivity index (χ4v) is 3.83. The van der Waals surface area contributed by atoms with Crippen molar-refractivity contribution in [2.24, 2.45) is 0 Å². The lowest BCUT2D eigenvalue weighted by Crippen LogP contribution is -2.32. The average Bonchev–Trinajstić information content (AvgIpc) is 3.34. The smallest absolute Gasteiger partial charge is 0.270 e. The van der Waals surface area contributed by atoms with Crippen molar-refractivity contribution in [1.29, 1.82) is 0 Å². The molecule has 1 saturated heterocycles. The second kappa shape index (κ2) is 7.98. The fraction of sp³-hybridized carbons (Fsp3) is 0.200. The third-order valence-electron chi connectivity index (χ3n) is 4.80. The standard InChI is InChI=1S/C20H18N4O4S/c25-11-10-23-19(18(22-20(23)29)15-6-1-2-9-21-15)17-8-7-16(28-17)13-4-3-5-14(12-13)24(26)27/h1-9,12,18-19,25H,10-11H2,(H,22,29)/t18-,19+/m1/s1. The van der Waals surface area contributed by atoms with Gasteiger partial charge < -0.3 is 19.7 Å². The van der Waals surface area contributed by atoms with Crippen LogP contribution in [-0.4, -0.2) is 38.2 Å². The topological polar surface area (TPSA) is 105 Å². The number of non-ortho nitro benzene ring substituents is 1. The molecule has 8 nitrogen and oxygen atoms in total. The van der Waals surface area contributed by atoms with Gasteiger partial charge >= 0.3 is 0 Å². The van der Waals surface area contributed by atoms with E-state index in [1.54, 1.807) is 24.4 Å². The van der Waals surface area contributed by atoms with Crippen LogP contribution < -0.4 is 5.32 Å². The zero-order valence-electron chi connectivity index (χ0n) is 15.3. The summed E-state index contributed by atoms with van der Waals surface area (Å²) in [6.45, 7) is 0.276. The van der Waals surface area contributed by atoms with Crippen molar-refractivity contribution in [1.82, 2.24) is 15.2 Å². The molecular formula is C20H18N4O4S. The molecule has 2 aromatic heterocycles. The Labute approximate surface area is 171 Å². The first-order valence-electron chi connectivity index (χ1n) is 9.02. The molecule has 0 aliphatic carbocycles. The van der Waals surface area contributed by atoms with Gasteiger partial charge in [0.05, 0.1) is 23.3 Å². The van der Waals surface area contributed by atoms with E-state index in [0.29, 0.717) is 28.7 Å². The summed E-state index contributed by atoms with van der Waals surface area (Å²) in [7, 11) is 0. The summed E-state index contributed by atoms with van der Waals surface area (Å²) < 4.78 is 6.09. The van der Waals surface area contributed by atoms with E-state index in [1.165, 1.54) is 12.1 Å². The van der Waals surface area contributed by atoms with E-state index >= 15 is 0 Å². The SMILES string of the molecule is O=[N+]([O-])c1cccc(-c2ccc([C@H]3[C@@H](c4ccccn4)NC(=S)N3CCO)o2)c1. The number of β-amino-alcohol motifs (C(OH)–C–C–N with tert-alkyl or cyclic N) is 1. The molecular weight excluding hydrogens is 392 g/mol. The van der Waals surface area contributed by atoms with Gasteiger partial charge in [-0.15, -0.1) is 0 Å². The van der Waals surface area contributed by atoms with Crippen molar-refractivity contribution < 1.29 is 14.4 Å². The van der Waals surface area contributed by atoms with E-state index in [1.807, 2.05) is 29.2 Å². The lowest BCUT2D eigenvalue weighted by molar-refractivity contribution is -0.384. The Morgan fingerprint density at radius 3 is 2.83 bits per heavy atom. The molecule has 0 amide bonds. The Kier molecular flexibility index (Phi) is 5.24. The number of thiocarbonyl (C=S) groups is 1. The fourth-order valence-electron chi connectivity index (χ4n) is 3.50. The number of benzene rings is 1. The van der Waals surface area contributed by atoms with Crippen LogP contribution in [0.15, 0.2) is 65.2 Å². The Balaban J connectivity index is 1.72. The van der Waals surface area contributed by atoms with Gasteiger partial charge in [0.2, 0.25) is 0 Å². The molecule has 0 spiro atoms. The highest BCUT2D eigenvalue weighted by molar-refractivity contribution is 7.80. The predicted molar refractivity (Wildman–Crippen MR) is 110 cm³/mol. The minimum atomic E-state index is -0.438. The predicted octanol–water partition coefficient (Wildman–Crippen LogP) is 3.21. The zero-order valence-corrected chi connectivity index (χ0v) is 16.1. The summed E-state index contributed by atoms with van der Waals surface area (Å²) in [5.74, 6) is 1.15. The van der Waals surface area contributed by atoms with Crippen LogP contribution in [0, 0.1) is 10.1 Å². The van der Waals surface area contributed by atoms with Crippen molar-refractivity contribution in [2.45, 2.75) is 12.1 Å².